The Morgan fingerprint density at radius 2 is 2.43 bits per heavy atom. The van der Waals surface area contributed by atoms with Crippen molar-refractivity contribution in [2.75, 3.05) is 13.2 Å². The molecule has 1 aromatic rings. The first-order valence-electron chi connectivity index (χ1n) is 4.72. The van der Waals surface area contributed by atoms with Crippen molar-refractivity contribution in [3.8, 4) is 0 Å². The second-order valence-electron chi connectivity index (χ2n) is 3.46. The van der Waals surface area contributed by atoms with Crippen molar-refractivity contribution in [1.29, 1.82) is 0 Å². The average molecular weight is 210 g/mol. The molecule has 0 amide bonds. The van der Waals surface area contributed by atoms with Crippen LogP contribution in [0.2, 0.25) is 0 Å². The van der Waals surface area contributed by atoms with Crippen molar-refractivity contribution in [3.05, 3.63) is 23.9 Å². The van der Waals surface area contributed by atoms with Crippen LogP contribution in [0.3, 0.4) is 0 Å². The number of hydrogen-bond donors (Lipinski definition) is 1. The molecule has 0 spiro atoms. The van der Waals surface area contributed by atoms with Crippen LogP contribution in [0.25, 0.3) is 0 Å². The molecule has 0 aliphatic carbocycles. The van der Waals surface area contributed by atoms with Crippen LogP contribution in [0.5, 0.6) is 0 Å². The van der Waals surface area contributed by atoms with Gasteiger partial charge < -0.3 is 10.5 Å². The van der Waals surface area contributed by atoms with E-state index in [0.29, 0.717) is 5.25 Å². The molecule has 1 saturated heterocycles. The standard InChI is InChI=1S/C10H14N2OS/c1-7(11)9-3-2-4-12-10(9)14-8-5-13-6-8/h2-4,7-8H,5-6,11H2,1H3/t7-/m0/s1. The molecule has 0 unspecified atom stereocenters. The predicted octanol–water partition coefficient (Wildman–Crippen LogP) is 1.59. The summed E-state index contributed by atoms with van der Waals surface area (Å²) in [6.07, 6.45) is 1.81. The second-order valence-corrected chi connectivity index (χ2v) is 4.75. The van der Waals surface area contributed by atoms with Gasteiger partial charge in [-0.2, -0.15) is 0 Å². The average Bonchev–Trinajstić information content (AvgIpc) is 2.12. The fraction of sp³-hybridized carbons (Fsp3) is 0.500. The van der Waals surface area contributed by atoms with Crippen LogP contribution in [0.1, 0.15) is 18.5 Å². The number of nitrogens with zero attached hydrogens (tertiary/aromatic N) is 1. The predicted molar refractivity (Wildman–Crippen MR) is 57.3 cm³/mol. The molecule has 76 valence electrons. The van der Waals surface area contributed by atoms with E-state index in [0.717, 1.165) is 23.8 Å². The van der Waals surface area contributed by atoms with Crippen molar-refractivity contribution in [2.24, 2.45) is 5.73 Å². The van der Waals surface area contributed by atoms with Crippen LogP contribution >= 0.6 is 11.8 Å². The summed E-state index contributed by atoms with van der Waals surface area (Å²) in [5.41, 5.74) is 6.99. The molecular weight excluding hydrogens is 196 g/mol. The smallest absolute Gasteiger partial charge is 0.101 e. The van der Waals surface area contributed by atoms with Crippen molar-refractivity contribution in [3.63, 3.8) is 0 Å². The van der Waals surface area contributed by atoms with Gasteiger partial charge >= 0.3 is 0 Å². The number of ether oxygens (including phenoxy) is 1. The third kappa shape index (κ3) is 2.08. The Balaban J connectivity index is 2.13. The Kier molecular flexibility index (Phi) is 3.05. The Labute approximate surface area is 88.0 Å². The van der Waals surface area contributed by atoms with E-state index in [4.69, 9.17) is 10.5 Å². The van der Waals surface area contributed by atoms with Crippen LogP contribution in [0.15, 0.2) is 23.4 Å². The molecule has 3 nitrogen and oxygen atoms in total. The molecule has 2 heterocycles. The molecule has 1 fully saturated rings. The van der Waals surface area contributed by atoms with Crippen molar-refractivity contribution in [2.45, 2.75) is 23.2 Å². The van der Waals surface area contributed by atoms with E-state index in [1.165, 1.54) is 0 Å². The lowest BCUT2D eigenvalue weighted by Gasteiger charge is -2.25. The molecule has 1 aliphatic heterocycles. The number of thioether (sulfide) groups is 1. The molecule has 2 rings (SSSR count). The Hall–Kier alpha value is -0.580. The number of aromatic nitrogens is 1. The summed E-state index contributed by atoms with van der Waals surface area (Å²) < 4.78 is 5.13. The lowest BCUT2D eigenvalue weighted by Crippen LogP contribution is -2.30. The maximum Gasteiger partial charge on any atom is 0.101 e. The van der Waals surface area contributed by atoms with E-state index in [1.54, 1.807) is 11.8 Å². The van der Waals surface area contributed by atoms with Crippen LogP contribution in [0.4, 0.5) is 0 Å². The maximum atomic E-state index is 5.87. The highest BCUT2D eigenvalue weighted by Crippen LogP contribution is 2.30. The largest absolute Gasteiger partial charge is 0.379 e. The summed E-state index contributed by atoms with van der Waals surface area (Å²) in [5.74, 6) is 0. The van der Waals surface area contributed by atoms with Gasteiger partial charge in [-0.3, -0.25) is 0 Å². The van der Waals surface area contributed by atoms with Gasteiger partial charge in [0.1, 0.15) is 5.03 Å². The van der Waals surface area contributed by atoms with Crippen molar-refractivity contribution >= 4 is 11.8 Å². The fourth-order valence-corrected chi connectivity index (χ4v) is 2.44. The van der Waals surface area contributed by atoms with Crippen LogP contribution < -0.4 is 5.73 Å². The molecule has 1 aromatic heterocycles. The minimum absolute atomic E-state index is 0.0483. The first-order valence-corrected chi connectivity index (χ1v) is 5.60. The zero-order valence-electron chi connectivity index (χ0n) is 8.14. The van der Waals surface area contributed by atoms with E-state index in [-0.39, 0.29) is 6.04 Å². The van der Waals surface area contributed by atoms with Crippen molar-refractivity contribution in [1.82, 2.24) is 4.98 Å². The SMILES string of the molecule is C[C@H](N)c1cccnc1SC1COC1. The van der Waals surface area contributed by atoms with E-state index < -0.39 is 0 Å². The summed E-state index contributed by atoms with van der Waals surface area (Å²) in [5, 5.41) is 1.61. The zero-order chi connectivity index (χ0) is 9.97. The van der Waals surface area contributed by atoms with Gasteiger partial charge in [0.25, 0.3) is 0 Å². The third-order valence-corrected chi connectivity index (χ3v) is 3.35. The lowest BCUT2D eigenvalue weighted by atomic mass is 10.2. The minimum Gasteiger partial charge on any atom is -0.379 e. The highest BCUT2D eigenvalue weighted by Gasteiger charge is 2.21. The fourth-order valence-electron chi connectivity index (χ4n) is 1.29. The van der Waals surface area contributed by atoms with E-state index in [2.05, 4.69) is 4.98 Å². The van der Waals surface area contributed by atoms with E-state index in [9.17, 15) is 0 Å². The van der Waals surface area contributed by atoms with Crippen LogP contribution in [0, 0.1) is 0 Å². The van der Waals surface area contributed by atoms with Crippen molar-refractivity contribution < 1.29 is 4.74 Å². The first-order chi connectivity index (χ1) is 6.77. The molecule has 0 bridgehead atoms. The monoisotopic (exact) mass is 210 g/mol. The van der Waals surface area contributed by atoms with Gasteiger partial charge in [-0.25, -0.2) is 4.98 Å². The summed E-state index contributed by atoms with van der Waals surface area (Å²) in [6, 6.07) is 4.02. The molecule has 2 N–H and O–H groups in total. The number of rotatable bonds is 3. The highest BCUT2D eigenvalue weighted by atomic mass is 32.2. The molecular formula is C10H14N2OS. The highest BCUT2D eigenvalue weighted by molar-refractivity contribution is 8.00. The third-order valence-electron chi connectivity index (χ3n) is 2.18. The molecule has 0 aromatic carbocycles. The number of nitrogens with two attached hydrogens (primary N) is 1. The summed E-state index contributed by atoms with van der Waals surface area (Å²) in [6.45, 7) is 3.65. The number of hydrogen-bond acceptors (Lipinski definition) is 4. The van der Waals surface area contributed by atoms with Gasteiger partial charge in [0.05, 0.1) is 18.5 Å². The maximum absolute atomic E-state index is 5.87. The van der Waals surface area contributed by atoms with E-state index in [1.807, 2.05) is 25.3 Å². The van der Waals surface area contributed by atoms with Gasteiger partial charge in [0.15, 0.2) is 0 Å². The Morgan fingerprint density at radius 1 is 1.64 bits per heavy atom. The molecule has 1 atom stereocenters. The van der Waals surface area contributed by atoms with Gasteiger partial charge in [-0.15, -0.1) is 0 Å². The molecule has 0 radical (unpaired) electrons. The second kappa shape index (κ2) is 4.29. The lowest BCUT2D eigenvalue weighted by molar-refractivity contribution is 0.0454. The number of pyridine rings is 1. The molecule has 0 saturated carbocycles. The molecule has 1 aliphatic rings. The van der Waals surface area contributed by atoms with E-state index >= 15 is 0 Å². The topological polar surface area (TPSA) is 48.1 Å². The minimum atomic E-state index is 0.0483. The van der Waals surface area contributed by atoms with Crippen LogP contribution in [-0.4, -0.2) is 23.4 Å². The molecule has 4 heteroatoms. The summed E-state index contributed by atoms with van der Waals surface area (Å²) in [7, 11) is 0. The zero-order valence-corrected chi connectivity index (χ0v) is 8.96. The van der Waals surface area contributed by atoms with Gasteiger partial charge in [0, 0.05) is 17.8 Å². The van der Waals surface area contributed by atoms with Gasteiger partial charge in [-0.05, 0) is 13.0 Å². The Bertz CT molecular complexity index is 313. The van der Waals surface area contributed by atoms with Gasteiger partial charge in [0.2, 0.25) is 0 Å². The summed E-state index contributed by atoms with van der Waals surface area (Å²) >= 11 is 1.77. The quantitative estimate of drug-likeness (QED) is 0.823. The first kappa shape index (κ1) is 9.96. The molecule has 14 heavy (non-hydrogen) atoms. The summed E-state index contributed by atoms with van der Waals surface area (Å²) in [4.78, 5) is 4.35. The van der Waals surface area contributed by atoms with Crippen LogP contribution in [-0.2, 0) is 4.74 Å². The van der Waals surface area contributed by atoms with Gasteiger partial charge in [-0.1, -0.05) is 17.8 Å². The normalized spacial score (nSPS) is 19.0. The Morgan fingerprint density at radius 3 is 3.00 bits per heavy atom.